The first kappa shape index (κ1) is 14.3. The Kier molecular flexibility index (Phi) is 3.18. The van der Waals surface area contributed by atoms with E-state index in [0.29, 0.717) is 28.5 Å². The molecule has 1 aliphatic heterocycles. The van der Waals surface area contributed by atoms with Gasteiger partial charge in [-0.05, 0) is 35.9 Å². The van der Waals surface area contributed by atoms with Gasteiger partial charge in [0.05, 0.1) is 27.8 Å². The molecule has 1 aliphatic rings. The van der Waals surface area contributed by atoms with Crippen LogP contribution in [-0.2, 0) is 15.4 Å². The predicted molar refractivity (Wildman–Crippen MR) is 79.6 cm³/mol. The molecule has 1 atom stereocenters. The van der Waals surface area contributed by atoms with Crippen LogP contribution in [0.15, 0.2) is 18.2 Å². The van der Waals surface area contributed by atoms with E-state index in [1.54, 1.807) is 22.9 Å². The van der Waals surface area contributed by atoms with Crippen molar-refractivity contribution in [3.05, 3.63) is 23.2 Å². The van der Waals surface area contributed by atoms with Crippen LogP contribution in [0.5, 0.6) is 0 Å². The lowest BCUT2D eigenvalue weighted by molar-refractivity contribution is 0.325. The molecule has 0 spiro atoms. The highest BCUT2D eigenvalue weighted by Gasteiger charge is 2.42. The minimum Gasteiger partial charge on any atom is -0.397 e. The summed E-state index contributed by atoms with van der Waals surface area (Å²) in [5.74, 6) is 0.571. The Morgan fingerprint density at radius 3 is 2.86 bits per heavy atom. The molecule has 0 saturated carbocycles. The predicted octanol–water partition coefficient (Wildman–Crippen LogP) is 1.11. The first-order chi connectivity index (χ1) is 9.82. The molecule has 2 heterocycles. The van der Waals surface area contributed by atoms with Crippen molar-refractivity contribution in [1.29, 1.82) is 0 Å². The number of nitrogens with zero attached hydrogens (tertiary/aromatic N) is 4. The van der Waals surface area contributed by atoms with E-state index in [4.69, 9.17) is 17.3 Å². The third kappa shape index (κ3) is 2.38. The summed E-state index contributed by atoms with van der Waals surface area (Å²) in [5, 5.41) is 12.1. The summed E-state index contributed by atoms with van der Waals surface area (Å²) in [6, 6.07) is 5.19. The van der Waals surface area contributed by atoms with Gasteiger partial charge in [0.1, 0.15) is 0 Å². The molecule has 3 rings (SSSR count). The number of nitrogen functional groups attached to an aromatic ring is 1. The Morgan fingerprint density at radius 1 is 1.43 bits per heavy atom. The van der Waals surface area contributed by atoms with Gasteiger partial charge < -0.3 is 5.73 Å². The molecule has 1 fully saturated rings. The maximum absolute atomic E-state index is 11.8. The number of tetrazole rings is 1. The van der Waals surface area contributed by atoms with Crippen LogP contribution >= 0.6 is 11.6 Å². The molecule has 1 aromatic heterocycles. The van der Waals surface area contributed by atoms with E-state index in [2.05, 4.69) is 15.5 Å². The van der Waals surface area contributed by atoms with Crippen LogP contribution in [-0.4, -0.2) is 40.1 Å². The number of para-hydroxylation sites is 1. The normalized spacial score (nSPS) is 24.3. The van der Waals surface area contributed by atoms with Gasteiger partial charge in [-0.25, -0.2) is 13.1 Å². The van der Waals surface area contributed by atoms with Crippen LogP contribution in [0.25, 0.3) is 11.4 Å². The number of halogens is 1. The fourth-order valence-electron chi connectivity index (χ4n) is 2.61. The third-order valence-corrected chi connectivity index (χ3v) is 5.97. The zero-order chi connectivity index (χ0) is 15.3. The van der Waals surface area contributed by atoms with E-state index in [9.17, 15) is 8.42 Å². The minimum atomic E-state index is -3.07. The lowest BCUT2D eigenvalue weighted by atomic mass is 10.0. The van der Waals surface area contributed by atoms with E-state index in [0.717, 1.165) is 0 Å². The summed E-state index contributed by atoms with van der Waals surface area (Å²) in [6.07, 6.45) is 0.466. The van der Waals surface area contributed by atoms with Gasteiger partial charge in [0.2, 0.25) is 0 Å². The molecular formula is C12H14ClN5O2S. The molecule has 21 heavy (non-hydrogen) atoms. The first-order valence-corrected chi connectivity index (χ1v) is 8.56. The zero-order valence-corrected chi connectivity index (χ0v) is 12.9. The smallest absolute Gasteiger partial charge is 0.184 e. The SMILES string of the molecule is CC1(n2nnnc2-c2cccc(Cl)c2N)CCS(=O)(=O)C1. The van der Waals surface area contributed by atoms with Gasteiger partial charge in [0.25, 0.3) is 0 Å². The Hall–Kier alpha value is -1.67. The fraction of sp³-hybridized carbons (Fsp3) is 0.417. The number of aromatic nitrogens is 4. The summed E-state index contributed by atoms with van der Waals surface area (Å²) in [4.78, 5) is 0. The molecule has 2 N–H and O–H groups in total. The molecule has 0 bridgehead atoms. The molecule has 0 aliphatic carbocycles. The second-order valence-electron chi connectivity index (χ2n) is 5.45. The van der Waals surface area contributed by atoms with E-state index < -0.39 is 15.4 Å². The van der Waals surface area contributed by atoms with Crippen LogP contribution in [0.2, 0.25) is 5.02 Å². The molecule has 0 amide bonds. The highest BCUT2D eigenvalue weighted by atomic mass is 35.5. The van der Waals surface area contributed by atoms with Crippen molar-refractivity contribution < 1.29 is 8.42 Å². The van der Waals surface area contributed by atoms with Crippen molar-refractivity contribution in [2.75, 3.05) is 17.2 Å². The van der Waals surface area contributed by atoms with Crippen molar-refractivity contribution in [2.24, 2.45) is 0 Å². The Bertz CT molecular complexity index is 804. The number of hydrogen-bond donors (Lipinski definition) is 1. The quantitative estimate of drug-likeness (QED) is 0.829. The van der Waals surface area contributed by atoms with E-state index in [1.165, 1.54) is 0 Å². The summed E-state index contributed by atoms with van der Waals surface area (Å²) in [5.41, 5.74) is 6.27. The van der Waals surface area contributed by atoms with Crippen LogP contribution in [0.4, 0.5) is 5.69 Å². The maximum Gasteiger partial charge on any atom is 0.184 e. The van der Waals surface area contributed by atoms with Crippen molar-refractivity contribution >= 4 is 27.1 Å². The highest BCUT2D eigenvalue weighted by molar-refractivity contribution is 7.91. The Balaban J connectivity index is 2.12. The largest absolute Gasteiger partial charge is 0.397 e. The van der Waals surface area contributed by atoms with Crippen molar-refractivity contribution in [2.45, 2.75) is 18.9 Å². The lowest BCUT2D eigenvalue weighted by Crippen LogP contribution is -2.33. The Labute approximate surface area is 127 Å². The van der Waals surface area contributed by atoms with Crippen molar-refractivity contribution in [3.63, 3.8) is 0 Å². The van der Waals surface area contributed by atoms with Crippen molar-refractivity contribution in [3.8, 4) is 11.4 Å². The van der Waals surface area contributed by atoms with Gasteiger partial charge in [-0.15, -0.1) is 5.10 Å². The zero-order valence-electron chi connectivity index (χ0n) is 11.3. The van der Waals surface area contributed by atoms with E-state index in [1.807, 2.05) is 6.92 Å². The molecule has 9 heteroatoms. The summed E-state index contributed by atoms with van der Waals surface area (Å²) in [6.45, 7) is 1.83. The molecule has 1 saturated heterocycles. The standard InChI is InChI=1S/C12H14ClN5O2S/c1-12(5-6-21(19,20)7-12)18-11(15-16-17-18)8-3-2-4-9(13)10(8)14/h2-4H,5-7,14H2,1H3. The molecule has 1 unspecified atom stereocenters. The third-order valence-electron chi connectivity index (χ3n) is 3.76. The second-order valence-corrected chi connectivity index (χ2v) is 8.05. The number of benzene rings is 1. The number of nitrogens with two attached hydrogens (primary N) is 1. The van der Waals surface area contributed by atoms with Gasteiger partial charge in [-0.1, -0.05) is 17.7 Å². The second kappa shape index (κ2) is 4.67. The highest BCUT2D eigenvalue weighted by Crippen LogP contribution is 2.36. The van der Waals surface area contributed by atoms with Crippen LogP contribution in [0, 0.1) is 0 Å². The average Bonchev–Trinajstić information content (AvgIpc) is 2.98. The number of rotatable bonds is 2. The number of sulfone groups is 1. The molecule has 7 nitrogen and oxygen atoms in total. The van der Waals surface area contributed by atoms with Gasteiger partial charge in [-0.2, -0.15) is 0 Å². The molecular weight excluding hydrogens is 314 g/mol. The molecule has 0 radical (unpaired) electrons. The maximum atomic E-state index is 11.8. The average molecular weight is 328 g/mol. The molecule has 1 aromatic carbocycles. The van der Waals surface area contributed by atoms with E-state index in [-0.39, 0.29) is 11.5 Å². The van der Waals surface area contributed by atoms with E-state index >= 15 is 0 Å². The molecule has 112 valence electrons. The van der Waals surface area contributed by atoms with Gasteiger partial charge in [0, 0.05) is 5.56 Å². The summed E-state index contributed by atoms with van der Waals surface area (Å²) in [7, 11) is -3.07. The lowest BCUT2D eigenvalue weighted by Gasteiger charge is -2.23. The Morgan fingerprint density at radius 2 is 2.19 bits per heavy atom. The monoisotopic (exact) mass is 327 g/mol. The van der Waals surface area contributed by atoms with Crippen LogP contribution in [0.1, 0.15) is 13.3 Å². The van der Waals surface area contributed by atoms with Gasteiger partial charge in [0.15, 0.2) is 15.7 Å². The van der Waals surface area contributed by atoms with Crippen molar-refractivity contribution in [1.82, 2.24) is 20.2 Å². The van der Waals surface area contributed by atoms with Crippen LogP contribution in [0.3, 0.4) is 0 Å². The van der Waals surface area contributed by atoms with Gasteiger partial charge >= 0.3 is 0 Å². The topological polar surface area (TPSA) is 104 Å². The van der Waals surface area contributed by atoms with Crippen LogP contribution < -0.4 is 5.73 Å². The minimum absolute atomic E-state index is 0.0124. The fourth-order valence-corrected chi connectivity index (χ4v) is 4.89. The first-order valence-electron chi connectivity index (χ1n) is 6.36. The number of hydrogen-bond acceptors (Lipinski definition) is 6. The summed E-state index contributed by atoms with van der Waals surface area (Å²) < 4.78 is 25.1. The van der Waals surface area contributed by atoms with Gasteiger partial charge in [-0.3, -0.25) is 0 Å². The summed E-state index contributed by atoms with van der Waals surface area (Å²) >= 11 is 6.02. The molecule has 2 aromatic rings. The number of anilines is 1.